The summed E-state index contributed by atoms with van der Waals surface area (Å²) in [7, 11) is 4.64. The molecule has 1 aromatic heterocycles. The molecule has 1 rings (SSSR count). The molecule has 4 heteroatoms. The Morgan fingerprint density at radius 2 is 1.12 bits per heavy atom. The van der Waals surface area contributed by atoms with E-state index in [1.54, 1.807) is 24.8 Å². The minimum Gasteiger partial charge on any atom is -0.262 e. The van der Waals surface area contributed by atoms with Crippen molar-refractivity contribution in [2.75, 3.05) is 0 Å². The molecule has 0 radical (unpaired) electrons. The number of aromatic nitrogens is 2. The maximum absolute atomic E-state index is 4.64. The van der Waals surface area contributed by atoms with Crippen molar-refractivity contribution in [2.45, 2.75) is 0 Å². The number of hydrogen-bond donors (Lipinski definition) is 0. The molecule has 0 aliphatic heterocycles. The van der Waals surface area contributed by atoms with Crippen LogP contribution < -0.4 is 0 Å². The third-order valence-corrected chi connectivity index (χ3v) is 0.478. The Kier molecular flexibility index (Phi) is 6.94. The fraction of sp³-hybridized carbons (Fsp3) is 0. The van der Waals surface area contributed by atoms with Gasteiger partial charge in [0.15, 0.2) is 0 Å². The Balaban J connectivity index is 0.000000222. The molecule has 1 aromatic rings. The van der Waals surface area contributed by atoms with Crippen molar-refractivity contribution in [1.82, 2.24) is 9.97 Å². The smallest absolute Gasteiger partial charge is 0.0451 e. The molecule has 0 N–H and O–H groups in total. The minimum atomic E-state index is 1.47. The van der Waals surface area contributed by atoms with Crippen molar-refractivity contribution < 1.29 is 0 Å². The molecular formula is C4H4ClLiN2. The van der Waals surface area contributed by atoms with E-state index in [-0.39, 0.29) is 0 Å². The monoisotopic (exact) mass is 122 g/mol. The Morgan fingerprint density at radius 1 is 0.875 bits per heavy atom. The number of halogens is 1. The molecule has 0 fully saturated rings. The van der Waals surface area contributed by atoms with E-state index in [0.717, 1.165) is 0 Å². The Hall–Kier alpha value is -0.0326. The Labute approximate surface area is 61.6 Å². The van der Waals surface area contributed by atoms with Gasteiger partial charge in [0, 0.05) is 24.8 Å². The summed E-state index contributed by atoms with van der Waals surface area (Å²) in [6.45, 7) is 0. The van der Waals surface area contributed by atoms with Crippen molar-refractivity contribution in [1.29, 1.82) is 0 Å². The summed E-state index contributed by atoms with van der Waals surface area (Å²) in [5.74, 6) is 0. The minimum absolute atomic E-state index is 1.47. The first kappa shape index (κ1) is 7.97. The first-order chi connectivity index (χ1) is 4.00. The van der Waals surface area contributed by atoms with Crippen LogP contribution in [0, 0.1) is 0 Å². The SMILES string of the molecule is [Li][Cl].c1cnccn1. The summed E-state index contributed by atoms with van der Waals surface area (Å²) in [6, 6.07) is 0. The fourth-order valence-electron chi connectivity index (χ4n) is 0.253. The van der Waals surface area contributed by atoms with Gasteiger partial charge in [-0.1, -0.05) is 0 Å². The van der Waals surface area contributed by atoms with Crippen LogP contribution in [-0.2, 0) is 0 Å². The van der Waals surface area contributed by atoms with E-state index < -0.39 is 0 Å². The molecule has 0 aromatic carbocycles. The fourth-order valence-corrected chi connectivity index (χ4v) is 0.253. The molecule has 0 aliphatic rings. The number of nitrogens with zero attached hydrogens (tertiary/aromatic N) is 2. The van der Waals surface area contributed by atoms with Gasteiger partial charge in [-0.15, -0.1) is 0 Å². The van der Waals surface area contributed by atoms with Gasteiger partial charge in [0.1, 0.15) is 0 Å². The maximum atomic E-state index is 4.64. The maximum Gasteiger partial charge on any atom is 0.0451 e. The predicted octanol–water partition coefficient (Wildman–Crippen LogP) is 0.785. The molecule has 2 nitrogen and oxygen atoms in total. The van der Waals surface area contributed by atoms with Gasteiger partial charge in [-0.05, 0) is 0 Å². The predicted molar refractivity (Wildman–Crippen MR) is 33.6 cm³/mol. The molecule has 8 heavy (non-hydrogen) atoms. The first-order valence-electron chi connectivity index (χ1n) is 2.08. The van der Waals surface area contributed by atoms with E-state index >= 15 is 0 Å². The van der Waals surface area contributed by atoms with Crippen LogP contribution in [0.15, 0.2) is 24.8 Å². The average molecular weight is 122 g/mol. The summed E-state index contributed by atoms with van der Waals surface area (Å²) in [6.07, 6.45) is 6.56. The van der Waals surface area contributed by atoms with E-state index in [9.17, 15) is 0 Å². The summed E-state index contributed by atoms with van der Waals surface area (Å²) in [5.41, 5.74) is 0. The van der Waals surface area contributed by atoms with Crippen LogP contribution in [-0.4, -0.2) is 26.7 Å². The largest absolute Gasteiger partial charge is 0.262 e. The van der Waals surface area contributed by atoms with Crippen molar-refractivity contribution >= 4 is 26.5 Å². The van der Waals surface area contributed by atoms with Gasteiger partial charge in [-0.3, -0.25) is 9.97 Å². The molecule has 0 saturated carbocycles. The van der Waals surface area contributed by atoms with Gasteiger partial charge in [-0.25, -0.2) is 0 Å². The number of hydrogen-bond acceptors (Lipinski definition) is 2. The van der Waals surface area contributed by atoms with Gasteiger partial charge in [0.05, 0.1) is 0 Å². The molecule has 0 bridgehead atoms. The standard InChI is InChI=1S/C4H4N2.ClH.Li/c1-2-6-4-3-5-1;;/h1-4H;1H;/q;;+1/p-1. The third-order valence-electron chi connectivity index (χ3n) is 0.478. The topological polar surface area (TPSA) is 25.8 Å². The molecule has 0 spiro atoms. The van der Waals surface area contributed by atoms with Gasteiger partial charge in [0.25, 0.3) is 0 Å². The number of rotatable bonds is 0. The summed E-state index contributed by atoms with van der Waals surface area (Å²) >= 11 is 1.47. The van der Waals surface area contributed by atoms with E-state index in [1.807, 2.05) is 0 Å². The summed E-state index contributed by atoms with van der Waals surface area (Å²) in [4.78, 5) is 7.44. The van der Waals surface area contributed by atoms with Crippen molar-refractivity contribution in [3.63, 3.8) is 0 Å². The van der Waals surface area contributed by atoms with E-state index in [4.69, 9.17) is 0 Å². The van der Waals surface area contributed by atoms with Crippen LogP contribution in [0.2, 0.25) is 0 Å². The Bertz CT molecular complexity index is 86.0. The molecule has 1 heterocycles. The van der Waals surface area contributed by atoms with Crippen LogP contribution in [0.1, 0.15) is 0 Å². The molecule has 0 atom stereocenters. The second-order valence-corrected chi connectivity index (χ2v) is 0.894. The van der Waals surface area contributed by atoms with Gasteiger partial charge in [-0.2, -0.15) is 0 Å². The van der Waals surface area contributed by atoms with Crippen LogP contribution >= 0.6 is 9.80 Å². The second kappa shape index (κ2) is 6.97. The first-order valence-corrected chi connectivity index (χ1v) is 2.83. The summed E-state index contributed by atoms with van der Waals surface area (Å²) < 4.78 is 0. The van der Waals surface area contributed by atoms with Crippen molar-refractivity contribution in [3.05, 3.63) is 24.8 Å². The van der Waals surface area contributed by atoms with Crippen LogP contribution in [0.4, 0.5) is 0 Å². The molecule has 38 valence electrons. The van der Waals surface area contributed by atoms with Crippen LogP contribution in [0.5, 0.6) is 0 Å². The molecular weight excluding hydrogens is 118 g/mol. The molecule has 0 aliphatic carbocycles. The van der Waals surface area contributed by atoms with Gasteiger partial charge >= 0.3 is 26.5 Å². The second-order valence-electron chi connectivity index (χ2n) is 0.894. The molecule has 0 amide bonds. The zero-order valence-corrected chi connectivity index (χ0v) is 5.34. The van der Waals surface area contributed by atoms with Crippen molar-refractivity contribution in [2.24, 2.45) is 0 Å². The van der Waals surface area contributed by atoms with Crippen LogP contribution in [0.25, 0.3) is 0 Å². The van der Waals surface area contributed by atoms with Crippen molar-refractivity contribution in [3.8, 4) is 0 Å². The van der Waals surface area contributed by atoms with E-state index in [1.165, 1.54) is 16.7 Å². The third kappa shape index (κ3) is 4.13. The van der Waals surface area contributed by atoms with Crippen LogP contribution in [0.3, 0.4) is 0 Å². The molecule has 0 unspecified atom stereocenters. The van der Waals surface area contributed by atoms with Gasteiger partial charge < -0.3 is 0 Å². The normalized spacial score (nSPS) is 6.88. The quantitative estimate of drug-likeness (QED) is 0.476. The zero-order chi connectivity index (χ0) is 6.24. The molecule has 0 saturated heterocycles. The van der Waals surface area contributed by atoms with Gasteiger partial charge in [0.2, 0.25) is 0 Å². The average Bonchev–Trinajstić information content (AvgIpc) is 1.96. The zero-order valence-electron chi connectivity index (χ0n) is 4.58. The summed E-state index contributed by atoms with van der Waals surface area (Å²) in [5, 5.41) is 0. The van der Waals surface area contributed by atoms with E-state index in [0.29, 0.717) is 0 Å². The van der Waals surface area contributed by atoms with E-state index in [2.05, 4.69) is 19.8 Å². The Morgan fingerprint density at radius 3 is 1.25 bits per heavy atom.